The zero-order valence-corrected chi connectivity index (χ0v) is 25.4. The third kappa shape index (κ3) is 18.6. The minimum absolute atomic E-state index is 0.642. The molecule has 0 saturated heterocycles. The van der Waals surface area contributed by atoms with E-state index in [0.29, 0.717) is 6.17 Å². The van der Waals surface area contributed by atoms with Crippen LogP contribution in [-0.4, -0.2) is 29.1 Å². The molecule has 2 heteroatoms. The summed E-state index contributed by atoms with van der Waals surface area (Å²) >= 11 is 0. The van der Waals surface area contributed by atoms with Crippen LogP contribution in [0.15, 0.2) is 12.4 Å². The normalized spacial score (nSPS) is 15.5. The van der Waals surface area contributed by atoms with Crippen molar-refractivity contribution in [1.29, 1.82) is 0 Å². The van der Waals surface area contributed by atoms with Gasteiger partial charge in [-0.05, 0) is 25.7 Å². The average Bonchev–Trinajstić information content (AvgIpc) is 3.27. The van der Waals surface area contributed by atoms with E-state index in [4.69, 9.17) is 0 Å². The molecule has 1 rings (SSSR count). The lowest BCUT2D eigenvalue weighted by Crippen LogP contribution is -2.39. The van der Waals surface area contributed by atoms with E-state index >= 15 is 0 Å². The van der Waals surface area contributed by atoms with Gasteiger partial charge in [0.15, 0.2) is 0 Å². The van der Waals surface area contributed by atoms with Crippen LogP contribution < -0.4 is 0 Å². The van der Waals surface area contributed by atoms with Crippen molar-refractivity contribution >= 4 is 0 Å². The first kappa shape index (κ1) is 33.4. The third-order valence-electron chi connectivity index (χ3n) is 8.32. The van der Waals surface area contributed by atoms with E-state index in [9.17, 15) is 0 Å². The van der Waals surface area contributed by atoms with Gasteiger partial charge in [0.05, 0.1) is 0 Å². The Morgan fingerprint density at radius 3 is 0.972 bits per heavy atom. The standard InChI is InChI=1S/C34H68N2/c1-4-7-10-13-16-18-20-23-26-29-34-35(30-27-24-21-15-12-9-6-3)32-33-36(34)31-28-25-22-19-17-14-11-8-5-2/h32-34H,4-31H2,1-3H3. The highest BCUT2D eigenvalue weighted by atomic mass is 15.4. The molecular weight excluding hydrogens is 436 g/mol. The molecule has 2 nitrogen and oxygen atoms in total. The zero-order valence-electron chi connectivity index (χ0n) is 25.4. The van der Waals surface area contributed by atoms with E-state index in [2.05, 4.69) is 43.0 Å². The average molecular weight is 505 g/mol. The second-order valence-corrected chi connectivity index (χ2v) is 11.8. The first-order chi connectivity index (χ1) is 17.8. The summed E-state index contributed by atoms with van der Waals surface area (Å²) in [4.78, 5) is 5.40. The minimum atomic E-state index is 0.642. The van der Waals surface area contributed by atoms with Crippen molar-refractivity contribution in [2.45, 2.75) is 194 Å². The summed E-state index contributed by atoms with van der Waals surface area (Å²) in [6.45, 7) is 9.47. The Morgan fingerprint density at radius 2 is 0.639 bits per heavy atom. The first-order valence-electron chi connectivity index (χ1n) is 17.0. The Labute approximate surface area is 229 Å². The Kier molecular flexibility index (Phi) is 24.1. The molecule has 0 N–H and O–H groups in total. The summed E-state index contributed by atoms with van der Waals surface area (Å²) in [6.07, 6.45) is 42.5. The van der Waals surface area contributed by atoms with Gasteiger partial charge in [0, 0.05) is 25.5 Å². The topological polar surface area (TPSA) is 6.48 Å². The molecule has 0 aromatic heterocycles. The predicted octanol–water partition coefficient (Wildman–Crippen LogP) is 11.6. The molecule has 0 fully saturated rings. The Bertz CT molecular complexity index is 460. The molecule has 36 heavy (non-hydrogen) atoms. The fourth-order valence-electron chi connectivity index (χ4n) is 5.83. The Balaban J connectivity index is 2.26. The summed E-state index contributed by atoms with van der Waals surface area (Å²) in [5, 5.41) is 0. The Hall–Kier alpha value is -0.660. The van der Waals surface area contributed by atoms with Gasteiger partial charge in [0.1, 0.15) is 6.17 Å². The molecule has 0 saturated carbocycles. The number of unbranched alkanes of at least 4 members (excludes halogenated alkanes) is 22. The maximum absolute atomic E-state index is 2.70. The Morgan fingerprint density at radius 1 is 0.361 bits per heavy atom. The summed E-state index contributed by atoms with van der Waals surface area (Å²) < 4.78 is 0. The molecule has 0 bridgehead atoms. The van der Waals surface area contributed by atoms with Crippen LogP contribution in [0.5, 0.6) is 0 Å². The first-order valence-corrected chi connectivity index (χ1v) is 17.0. The van der Waals surface area contributed by atoms with Crippen LogP contribution in [0, 0.1) is 0 Å². The minimum Gasteiger partial charge on any atom is -0.356 e. The zero-order chi connectivity index (χ0) is 25.9. The van der Waals surface area contributed by atoms with E-state index in [0.717, 1.165) is 0 Å². The summed E-state index contributed by atoms with van der Waals surface area (Å²) in [7, 11) is 0. The molecular formula is C34H68N2. The number of hydrogen-bond donors (Lipinski definition) is 0. The molecule has 0 aromatic carbocycles. The van der Waals surface area contributed by atoms with Crippen molar-refractivity contribution in [3.8, 4) is 0 Å². The monoisotopic (exact) mass is 505 g/mol. The van der Waals surface area contributed by atoms with E-state index in [1.165, 1.54) is 180 Å². The van der Waals surface area contributed by atoms with E-state index in [-0.39, 0.29) is 0 Å². The van der Waals surface area contributed by atoms with Gasteiger partial charge < -0.3 is 9.80 Å². The SMILES string of the molecule is CCCCCCCCCCCC1N(CCCCCCCCC)C=CN1CCCCCCCCCCC. The second-order valence-electron chi connectivity index (χ2n) is 11.8. The molecule has 0 spiro atoms. The van der Waals surface area contributed by atoms with Gasteiger partial charge in [0.25, 0.3) is 0 Å². The van der Waals surface area contributed by atoms with Gasteiger partial charge in [0.2, 0.25) is 0 Å². The number of nitrogens with zero attached hydrogens (tertiary/aromatic N) is 2. The van der Waals surface area contributed by atoms with Crippen LogP contribution in [-0.2, 0) is 0 Å². The van der Waals surface area contributed by atoms with Gasteiger partial charge in [-0.1, -0.05) is 162 Å². The van der Waals surface area contributed by atoms with Gasteiger partial charge in [-0.3, -0.25) is 0 Å². The van der Waals surface area contributed by atoms with Gasteiger partial charge in [-0.2, -0.15) is 0 Å². The highest BCUT2D eigenvalue weighted by molar-refractivity contribution is 4.97. The fourth-order valence-corrected chi connectivity index (χ4v) is 5.83. The summed E-state index contributed by atoms with van der Waals surface area (Å²) in [6, 6.07) is 0. The summed E-state index contributed by atoms with van der Waals surface area (Å²) in [5.74, 6) is 0. The highest BCUT2D eigenvalue weighted by Gasteiger charge is 2.24. The molecule has 1 atom stereocenters. The molecule has 1 aliphatic heterocycles. The van der Waals surface area contributed by atoms with Crippen molar-refractivity contribution in [3.63, 3.8) is 0 Å². The maximum atomic E-state index is 2.70. The van der Waals surface area contributed by atoms with E-state index < -0.39 is 0 Å². The molecule has 1 aliphatic rings. The van der Waals surface area contributed by atoms with E-state index in [1.807, 2.05) is 0 Å². The quantitative estimate of drug-likeness (QED) is 0.0977. The molecule has 0 aliphatic carbocycles. The molecule has 0 amide bonds. The molecule has 0 aromatic rings. The van der Waals surface area contributed by atoms with Gasteiger partial charge in [-0.25, -0.2) is 0 Å². The smallest absolute Gasteiger partial charge is 0.101 e. The van der Waals surface area contributed by atoms with E-state index in [1.54, 1.807) is 0 Å². The predicted molar refractivity (Wildman–Crippen MR) is 163 cm³/mol. The van der Waals surface area contributed by atoms with Crippen LogP contribution >= 0.6 is 0 Å². The van der Waals surface area contributed by atoms with Crippen molar-refractivity contribution in [3.05, 3.63) is 12.4 Å². The van der Waals surface area contributed by atoms with Crippen molar-refractivity contribution in [1.82, 2.24) is 9.80 Å². The molecule has 1 heterocycles. The van der Waals surface area contributed by atoms with Crippen molar-refractivity contribution in [2.75, 3.05) is 13.1 Å². The van der Waals surface area contributed by atoms with Gasteiger partial charge >= 0.3 is 0 Å². The molecule has 1 unspecified atom stereocenters. The largest absolute Gasteiger partial charge is 0.356 e. The van der Waals surface area contributed by atoms with Gasteiger partial charge in [-0.15, -0.1) is 0 Å². The highest BCUT2D eigenvalue weighted by Crippen LogP contribution is 2.24. The third-order valence-corrected chi connectivity index (χ3v) is 8.32. The van der Waals surface area contributed by atoms with Crippen LogP contribution in [0.2, 0.25) is 0 Å². The van der Waals surface area contributed by atoms with Crippen molar-refractivity contribution < 1.29 is 0 Å². The number of rotatable bonds is 28. The van der Waals surface area contributed by atoms with Crippen LogP contribution in [0.3, 0.4) is 0 Å². The maximum Gasteiger partial charge on any atom is 0.101 e. The molecule has 0 radical (unpaired) electrons. The molecule has 214 valence electrons. The van der Waals surface area contributed by atoms with Crippen LogP contribution in [0.25, 0.3) is 0 Å². The lowest BCUT2D eigenvalue weighted by molar-refractivity contribution is 0.135. The fraction of sp³-hybridized carbons (Fsp3) is 0.941. The number of hydrogen-bond acceptors (Lipinski definition) is 2. The summed E-state index contributed by atoms with van der Waals surface area (Å²) in [5.41, 5.74) is 0. The second kappa shape index (κ2) is 26.0. The lowest BCUT2D eigenvalue weighted by Gasteiger charge is -2.33. The van der Waals surface area contributed by atoms with Crippen molar-refractivity contribution in [2.24, 2.45) is 0 Å². The van der Waals surface area contributed by atoms with Crippen LogP contribution in [0.1, 0.15) is 188 Å². The lowest BCUT2D eigenvalue weighted by atomic mass is 10.0. The van der Waals surface area contributed by atoms with Crippen LogP contribution in [0.4, 0.5) is 0 Å².